The van der Waals surface area contributed by atoms with Gasteiger partial charge in [0.2, 0.25) is 5.91 Å². The van der Waals surface area contributed by atoms with Crippen LogP contribution < -0.4 is 4.90 Å². The van der Waals surface area contributed by atoms with Gasteiger partial charge in [-0.25, -0.2) is 0 Å². The monoisotopic (exact) mass is 221 g/mol. The van der Waals surface area contributed by atoms with Crippen molar-refractivity contribution >= 4 is 11.6 Å². The second kappa shape index (κ2) is 5.54. The molecule has 1 N–H and O–H groups in total. The largest absolute Gasteiger partial charge is 0.508 e. The van der Waals surface area contributed by atoms with Gasteiger partial charge in [0.05, 0.1) is 0 Å². The van der Waals surface area contributed by atoms with Gasteiger partial charge in [0.25, 0.3) is 0 Å². The molecular formula is C13H19NO2. The van der Waals surface area contributed by atoms with Gasteiger partial charge in [-0.2, -0.15) is 0 Å². The molecule has 0 aliphatic carbocycles. The number of amides is 1. The first-order chi connectivity index (χ1) is 7.50. The molecule has 0 heterocycles. The lowest BCUT2D eigenvalue weighted by molar-refractivity contribution is -0.116. The van der Waals surface area contributed by atoms with Crippen LogP contribution in [0.25, 0.3) is 0 Å². The Labute approximate surface area is 96.7 Å². The molecule has 0 aromatic heterocycles. The summed E-state index contributed by atoms with van der Waals surface area (Å²) in [6.07, 6.45) is 0.954. The van der Waals surface area contributed by atoms with E-state index < -0.39 is 0 Å². The predicted molar refractivity (Wildman–Crippen MR) is 65.6 cm³/mol. The van der Waals surface area contributed by atoms with Gasteiger partial charge in [0.15, 0.2) is 0 Å². The average Bonchev–Trinajstić information content (AvgIpc) is 2.17. The van der Waals surface area contributed by atoms with Gasteiger partial charge < -0.3 is 10.0 Å². The molecule has 0 unspecified atom stereocenters. The molecule has 1 rings (SSSR count). The van der Waals surface area contributed by atoms with Crippen LogP contribution in [0.2, 0.25) is 0 Å². The van der Waals surface area contributed by atoms with Crippen LogP contribution in [0, 0.1) is 5.92 Å². The summed E-state index contributed by atoms with van der Waals surface area (Å²) in [4.78, 5) is 13.2. The second-order valence-electron chi connectivity index (χ2n) is 4.37. The van der Waals surface area contributed by atoms with Crippen LogP contribution in [0.15, 0.2) is 24.3 Å². The van der Waals surface area contributed by atoms with E-state index in [1.54, 1.807) is 30.0 Å². The summed E-state index contributed by atoms with van der Waals surface area (Å²) in [5, 5.41) is 9.38. The van der Waals surface area contributed by atoms with Crippen molar-refractivity contribution in [3.05, 3.63) is 24.3 Å². The number of rotatable bonds is 4. The van der Waals surface area contributed by atoms with Gasteiger partial charge in [-0.3, -0.25) is 4.79 Å². The Morgan fingerprint density at radius 2 is 2.12 bits per heavy atom. The summed E-state index contributed by atoms with van der Waals surface area (Å²) < 4.78 is 0. The molecule has 1 aromatic rings. The number of aromatic hydroxyl groups is 1. The van der Waals surface area contributed by atoms with E-state index in [0.29, 0.717) is 12.5 Å². The van der Waals surface area contributed by atoms with Crippen molar-refractivity contribution in [2.24, 2.45) is 5.92 Å². The fourth-order valence-corrected chi connectivity index (χ4v) is 1.52. The third-order valence-electron chi connectivity index (χ3n) is 2.45. The van der Waals surface area contributed by atoms with Crippen molar-refractivity contribution in [3.63, 3.8) is 0 Å². The Kier molecular flexibility index (Phi) is 4.35. The lowest BCUT2D eigenvalue weighted by Crippen LogP contribution is -2.30. The first kappa shape index (κ1) is 12.6. The number of carbonyl (C=O) groups is 1. The Morgan fingerprint density at radius 3 is 2.62 bits per heavy atom. The van der Waals surface area contributed by atoms with E-state index in [4.69, 9.17) is 0 Å². The lowest BCUT2D eigenvalue weighted by atomic mass is 10.1. The quantitative estimate of drug-likeness (QED) is 0.849. The summed E-state index contributed by atoms with van der Waals surface area (Å²) in [7, 11) is 0. The number of benzene rings is 1. The van der Waals surface area contributed by atoms with Crippen LogP contribution in [-0.2, 0) is 4.79 Å². The molecular weight excluding hydrogens is 202 g/mol. The summed E-state index contributed by atoms with van der Waals surface area (Å²) in [5.74, 6) is 0.749. The highest BCUT2D eigenvalue weighted by atomic mass is 16.3. The maximum atomic E-state index is 11.5. The number of phenolic OH excluding ortho intramolecular Hbond substituents is 1. The fraction of sp³-hybridized carbons (Fsp3) is 0.462. The summed E-state index contributed by atoms with van der Waals surface area (Å²) in [5.41, 5.74) is 0.758. The summed E-state index contributed by atoms with van der Waals surface area (Å²) in [6, 6.07) is 6.80. The smallest absolute Gasteiger partial charge is 0.223 e. The highest BCUT2D eigenvalue weighted by molar-refractivity contribution is 5.91. The van der Waals surface area contributed by atoms with Crippen molar-refractivity contribution in [2.75, 3.05) is 11.4 Å². The molecule has 3 nitrogen and oxygen atoms in total. The van der Waals surface area contributed by atoms with Crippen LogP contribution >= 0.6 is 0 Å². The van der Waals surface area contributed by atoms with Gasteiger partial charge >= 0.3 is 0 Å². The van der Waals surface area contributed by atoms with Crippen molar-refractivity contribution in [3.8, 4) is 5.75 Å². The van der Waals surface area contributed by atoms with Crippen LogP contribution in [0.1, 0.15) is 27.2 Å². The average molecular weight is 221 g/mol. The second-order valence-corrected chi connectivity index (χ2v) is 4.37. The van der Waals surface area contributed by atoms with Gasteiger partial charge in [-0.1, -0.05) is 19.9 Å². The zero-order valence-electron chi connectivity index (χ0n) is 10.1. The summed E-state index contributed by atoms with van der Waals surface area (Å²) >= 11 is 0. The topological polar surface area (TPSA) is 40.5 Å². The highest BCUT2D eigenvalue weighted by Gasteiger charge is 2.12. The van der Waals surface area contributed by atoms with Crippen LogP contribution in [0.4, 0.5) is 5.69 Å². The molecule has 0 spiro atoms. The van der Waals surface area contributed by atoms with E-state index in [9.17, 15) is 9.90 Å². The molecule has 16 heavy (non-hydrogen) atoms. The van der Waals surface area contributed by atoms with Crippen molar-refractivity contribution in [1.82, 2.24) is 0 Å². The third kappa shape index (κ3) is 3.57. The van der Waals surface area contributed by atoms with Gasteiger partial charge in [-0.15, -0.1) is 0 Å². The minimum absolute atomic E-state index is 0.00579. The number of anilines is 1. The number of hydrogen-bond donors (Lipinski definition) is 1. The van der Waals surface area contributed by atoms with Crippen molar-refractivity contribution < 1.29 is 9.90 Å². The molecule has 0 bridgehead atoms. The van der Waals surface area contributed by atoms with E-state index in [2.05, 4.69) is 13.8 Å². The molecule has 1 amide bonds. The number of hydrogen-bond acceptors (Lipinski definition) is 2. The SMILES string of the molecule is CC(=O)N(CCC(C)C)c1cccc(O)c1. The van der Waals surface area contributed by atoms with E-state index in [1.807, 2.05) is 6.07 Å². The molecule has 0 atom stereocenters. The minimum atomic E-state index is 0.00579. The van der Waals surface area contributed by atoms with Crippen LogP contribution in [0.5, 0.6) is 5.75 Å². The van der Waals surface area contributed by atoms with Crippen molar-refractivity contribution in [2.45, 2.75) is 27.2 Å². The van der Waals surface area contributed by atoms with E-state index in [1.165, 1.54) is 0 Å². The minimum Gasteiger partial charge on any atom is -0.508 e. The molecule has 0 radical (unpaired) electrons. The maximum absolute atomic E-state index is 11.5. The highest BCUT2D eigenvalue weighted by Crippen LogP contribution is 2.21. The number of carbonyl (C=O) groups excluding carboxylic acids is 1. The Hall–Kier alpha value is -1.51. The van der Waals surface area contributed by atoms with Crippen LogP contribution in [-0.4, -0.2) is 17.6 Å². The third-order valence-corrected chi connectivity index (χ3v) is 2.45. The molecule has 0 saturated carbocycles. The molecule has 0 saturated heterocycles. The standard InChI is InChI=1S/C13H19NO2/c1-10(2)7-8-14(11(3)15)12-5-4-6-13(16)9-12/h4-6,9-10,16H,7-8H2,1-3H3. The predicted octanol–water partition coefficient (Wildman–Crippen LogP) is 2.79. The zero-order chi connectivity index (χ0) is 12.1. The van der Waals surface area contributed by atoms with E-state index >= 15 is 0 Å². The summed E-state index contributed by atoms with van der Waals surface area (Å²) in [6.45, 7) is 6.49. The van der Waals surface area contributed by atoms with E-state index in [-0.39, 0.29) is 11.7 Å². The van der Waals surface area contributed by atoms with Gasteiger partial charge in [0, 0.05) is 25.2 Å². The fourth-order valence-electron chi connectivity index (χ4n) is 1.52. The van der Waals surface area contributed by atoms with Gasteiger partial charge in [0.1, 0.15) is 5.75 Å². The molecule has 0 fully saturated rings. The molecule has 88 valence electrons. The molecule has 3 heteroatoms. The van der Waals surface area contributed by atoms with E-state index in [0.717, 1.165) is 12.1 Å². The first-order valence-electron chi connectivity index (χ1n) is 5.58. The van der Waals surface area contributed by atoms with Gasteiger partial charge in [-0.05, 0) is 24.5 Å². The number of nitrogens with zero attached hydrogens (tertiary/aromatic N) is 1. The van der Waals surface area contributed by atoms with Crippen LogP contribution in [0.3, 0.4) is 0 Å². The Bertz CT molecular complexity index is 361. The van der Waals surface area contributed by atoms with Crippen molar-refractivity contribution in [1.29, 1.82) is 0 Å². The zero-order valence-corrected chi connectivity index (χ0v) is 10.1. The number of phenols is 1. The maximum Gasteiger partial charge on any atom is 0.223 e. The Balaban J connectivity index is 2.81. The normalized spacial score (nSPS) is 10.5. The molecule has 1 aromatic carbocycles. The molecule has 0 aliphatic rings. The first-order valence-corrected chi connectivity index (χ1v) is 5.58. The Morgan fingerprint density at radius 1 is 1.44 bits per heavy atom. The molecule has 0 aliphatic heterocycles. The lowest BCUT2D eigenvalue weighted by Gasteiger charge is -2.22.